The third kappa shape index (κ3) is 1.92. The van der Waals surface area contributed by atoms with Crippen molar-refractivity contribution in [2.24, 2.45) is 0 Å². The summed E-state index contributed by atoms with van der Waals surface area (Å²) in [7, 11) is 0. The third-order valence-electron chi connectivity index (χ3n) is 3.01. The van der Waals surface area contributed by atoms with E-state index in [1.807, 2.05) is 17.5 Å². The van der Waals surface area contributed by atoms with Crippen molar-refractivity contribution in [2.45, 2.75) is 25.8 Å². The zero-order valence-corrected chi connectivity index (χ0v) is 9.52. The van der Waals surface area contributed by atoms with Gasteiger partial charge in [-0.15, -0.1) is 11.3 Å². The molecular weight excluding hydrogens is 206 g/mol. The Labute approximate surface area is 93.1 Å². The van der Waals surface area contributed by atoms with Crippen LogP contribution in [0.3, 0.4) is 0 Å². The summed E-state index contributed by atoms with van der Waals surface area (Å²) in [4.78, 5) is 4.02. The summed E-state index contributed by atoms with van der Waals surface area (Å²) in [5.74, 6) is 0. The van der Waals surface area contributed by atoms with Crippen molar-refractivity contribution >= 4 is 21.6 Å². The Hall–Kier alpha value is -0.870. The molecule has 0 bridgehead atoms. The Kier molecular flexibility index (Phi) is 2.46. The summed E-state index contributed by atoms with van der Waals surface area (Å²) in [5, 5.41) is 7.04. The number of hydrogen-bond donors (Lipinski definition) is 1. The SMILES string of the molecule is c1c(CN2CCCCC2)sc2cn[nH]c12. The summed E-state index contributed by atoms with van der Waals surface area (Å²) in [6.45, 7) is 3.65. The molecule has 1 N–H and O–H groups in total. The van der Waals surface area contributed by atoms with E-state index in [9.17, 15) is 0 Å². The highest BCUT2D eigenvalue weighted by Gasteiger charge is 2.12. The average Bonchev–Trinajstić information content (AvgIpc) is 2.79. The van der Waals surface area contributed by atoms with E-state index in [4.69, 9.17) is 0 Å². The second-order valence-electron chi connectivity index (χ2n) is 4.20. The second-order valence-corrected chi connectivity index (χ2v) is 5.37. The fourth-order valence-corrected chi connectivity index (χ4v) is 3.24. The Morgan fingerprint density at radius 2 is 2.20 bits per heavy atom. The van der Waals surface area contributed by atoms with Gasteiger partial charge in [0.15, 0.2) is 0 Å². The van der Waals surface area contributed by atoms with Crippen LogP contribution in [0.25, 0.3) is 10.2 Å². The van der Waals surface area contributed by atoms with Crippen molar-refractivity contribution < 1.29 is 0 Å². The van der Waals surface area contributed by atoms with Crippen LogP contribution >= 0.6 is 11.3 Å². The van der Waals surface area contributed by atoms with Crippen molar-refractivity contribution in [2.75, 3.05) is 13.1 Å². The first kappa shape index (κ1) is 9.36. The lowest BCUT2D eigenvalue weighted by atomic mass is 10.1. The van der Waals surface area contributed by atoms with Gasteiger partial charge in [0.1, 0.15) is 0 Å². The molecule has 4 heteroatoms. The molecule has 0 aliphatic carbocycles. The van der Waals surface area contributed by atoms with E-state index in [2.05, 4.69) is 21.2 Å². The maximum atomic E-state index is 4.02. The van der Waals surface area contributed by atoms with E-state index in [0.717, 1.165) is 6.54 Å². The molecule has 0 amide bonds. The summed E-state index contributed by atoms with van der Waals surface area (Å²) >= 11 is 1.86. The number of thiophene rings is 1. The standard InChI is InChI=1S/C11H15N3S/c1-2-4-14(5-3-1)8-9-6-10-11(15-9)7-12-13-10/h6-7H,1-5,8H2,(H,12,13). The number of H-pyrrole nitrogens is 1. The van der Waals surface area contributed by atoms with Crippen molar-refractivity contribution in [1.29, 1.82) is 0 Å². The number of piperidine rings is 1. The number of likely N-dealkylation sites (tertiary alicyclic amines) is 1. The van der Waals surface area contributed by atoms with Crippen LogP contribution in [0.5, 0.6) is 0 Å². The Morgan fingerprint density at radius 1 is 1.33 bits per heavy atom. The fourth-order valence-electron chi connectivity index (χ4n) is 2.22. The maximum Gasteiger partial charge on any atom is 0.0761 e. The van der Waals surface area contributed by atoms with E-state index in [-0.39, 0.29) is 0 Å². The van der Waals surface area contributed by atoms with E-state index in [1.165, 1.54) is 47.4 Å². The van der Waals surface area contributed by atoms with Crippen molar-refractivity contribution in [3.05, 3.63) is 17.1 Å². The molecule has 0 atom stereocenters. The first-order valence-corrected chi connectivity index (χ1v) is 6.37. The minimum Gasteiger partial charge on any atom is -0.298 e. The number of hydrogen-bond acceptors (Lipinski definition) is 3. The number of nitrogens with one attached hydrogen (secondary N) is 1. The van der Waals surface area contributed by atoms with Crippen LogP contribution in [-0.2, 0) is 6.54 Å². The highest BCUT2D eigenvalue weighted by atomic mass is 32.1. The number of rotatable bonds is 2. The second kappa shape index (κ2) is 3.94. The Morgan fingerprint density at radius 3 is 3.00 bits per heavy atom. The monoisotopic (exact) mass is 221 g/mol. The van der Waals surface area contributed by atoms with Crippen molar-refractivity contribution in [3.63, 3.8) is 0 Å². The van der Waals surface area contributed by atoms with E-state index in [0.29, 0.717) is 0 Å². The van der Waals surface area contributed by atoms with Gasteiger partial charge in [-0.05, 0) is 32.0 Å². The van der Waals surface area contributed by atoms with Crippen LogP contribution in [0.4, 0.5) is 0 Å². The first-order valence-electron chi connectivity index (χ1n) is 5.56. The molecule has 1 aliphatic rings. The van der Waals surface area contributed by atoms with E-state index >= 15 is 0 Å². The summed E-state index contributed by atoms with van der Waals surface area (Å²) < 4.78 is 1.28. The van der Waals surface area contributed by atoms with E-state index in [1.54, 1.807) is 0 Å². The van der Waals surface area contributed by atoms with Gasteiger partial charge in [0.05, 0.1) is 16.4 Å². The van der Waals surface area contributed by atoms with Crippen molar-refractivity contribution in [3.8, 4) is 0 Å². The molecule has 1 fully saturated rings. The highest BCUT2D eigenvalue weighted by Crippen LogP contribution is 2.25. The van der Waals surface area contributed by atoms with Crippen LogP contribution in [0.15, 0.2) is 12.3 Å². The minimum atomic E-state index is 1.12. The van der Waals surface area contributed by atoms with Gasteiger partial charge in [0.25, 0.3) is 0 Å². The molecule has 3 nitrogen and oxygen atoms in total. The van der Waals surface area contributed by atoms with Gasteiger partial charge in [0.2, 0.25) is 0 Å². The van der Waals surface area contributed by atoms with Crippen LogP contribution in [0.2, 0.25) is 0 Å². The molecular formula is C11H15N3S. The van der Waals surface area contributed by atoms with Crippen LogP contribution in [0, 0.1) is 0 Å². The molecule has 80 valence electrons. The van der Waals surface area contributed by atoms with Crippen LogP contribution in [0.1, 0.15) is 24.1 Å². The van der Waals surface area contributed by atoms with Gasteiger partial charge >= 0.3 is 0 Å². The predicted octanol–water partition coefficient (Wildman–Crippen LogP) is 2.61. The highest BCUT2D eigenvalue weighted by molar-refractivity contribution is 7.18. The molecule has 0 aromatic carbocycles. The Balaban J connectivity index is 1.74. The lowest BCUT2D eigenvalue weighted by molar-refractivity contribution is 0.223. The quantitative estimate of drug-likeness (QED) is 0.845. The molecule has 2 aromatic heterocycles. The third-order valence-corrected chi connectivity index (χ3v) is 4.06. The largest absolute Gasteiger partial charge is 0.298 e. The number of aromatic amines is 1. The predicted molar refractivity (Wildman–Crippen MR) is 63.1 cm³/mol. The summed E-state index contributed by atoms with van der Waals surface area (Å²) in [6.07, 6.45) is 6.06. The molecule has 0 radical (unpaired) electrons. The molecule has 1 saturated heterocycles. The molecule has 0 saturated carbocycles. The summed E-state index contributed by atoms with van der Waals surface area (Å²) in [6, 6.07) is 2.24. The van der Waals surface area contributed by atoms with Gasteiger partial charge in [0, 0.05) is 11.4 Å². The lowest BCUT2D eigenvalue weighted by Crippen LogP contribution is -2.28. The first-order chi connectivity index (χ1) is 7.42. The summed E-state index contributed by atoms with van der Waals surface area (Å²) in [5.41, 5.74) is 1.19. The van der Waals surface area contributed by atoms with Gasteiger partial charge in [-0.25, -0.2) is 0 Å². The van der Waals surface area contributed by atoms with Gasteiger partial charge < -0.3 is 0 Å². The molecule has 2 aromatic rings. The van der Waals surface area contributed by atoms with Gasteiger partial charge in [-0.1, -0.05) is 6.42 Å². The molecule has 0 spiro atoms. The average molecular weight is 221 g/mol. The van der Waals surface area contributed by atoms with Crippen molar-refractivity contribution in [1.82, 2.24) is 15.1 Å². The maximum absolute atomic E-state index is 4.02. The fraction of sp³-hybridized carbons (Fsp3) is 0.545. The van der Waals surface area contributed by atoms with Gasteiger partial charge in [-0.2, -0.15) is 5.10 Å². The molecule has 15 heavy (non-hydrogen) atoms. The molecule has 3 rings (SSSR count). The normalized spacial score (nSPS) is 18.7. The van der Waals surface area contributed by atoms with Crippen LogP contribution < -0.4 is 0 Å². The molecule has 3 heterocycles. The number of fused-ring (bicyclic) bond motifs is 1. The van der Waals surface area contributed by atoms with Gasteiger partial charge in [-0.3, -0.25) is 10.00 Å². The topological polar surface area (TPSA) is 31.9 Å². The lowest BCUT2D eigenvalue weighted by Gasteiger charge is -2.25. The number of nitrogens with zero attached hydrogens (tertiary/aromatic N) is 2. The Bertz CT molecular complexity index is 411. The zero-order chi connectivity index (χ0) is 10.1. The van der Waals surface area contributed by atoms with Crippen LogP contribution in [-0.4, -0.2) is 28.2 Å². The smallest absolute Gasteiger partial charge is 0.0761 e. The molecule has 0 unspecified atom stereocenters. The van der Waals surface area contributed by atoms with E-state index < -0.39 is 0 Å². The molecule has 1 aliphatic heterocycles. The number of aromatic nitrogens is 2. The zero-order valence-electron chi connectivity index (χ0n) is 8.70. The minimum absolute atomic E-state index is 1.12.